The van der Waals surface area contributed by atoms with E-state index in [0.29, 0.717) is 20.2 Å². The SMILES string of the molecule is O=C(O)/C=C/Nc1ccc(Br)c(Cl)c1Cl. The van der Waals surface area contributed by atoms with Crippen molar-refractivity contribution in [2.45, 2.75) is 0 Å². The minimum absolute atomic E-state index is 0.334. The first kappa shape index (κ1) is 12.4. The zero-order valence-electron chi connectivity index (χ0n) is 7.30. The molecule has 1 aromatic rings. The molecule has 3 nitrogen and oxygen atoms in total. The van der Waals surface area contributed by atoms with Crippen LogP contribution in [0.3, 0.4) is 0 Å². The van der Waals surface area contributed by atoms with E-state index in [1.807, 2.05) is 0 Å². The minimum Gasteiger partial charge on any atom is -0.478 e. The minimum atomic E-state index is -1.04. The van der Waals surface area contributed by atoms with Crippen LogP contribution >= 0.6 is 39.1 Å². The highest BCUT2D eigenvalue weighted by atomic mass is 79.9. The molecule has 0 spiro atoms. The number of aliphatic carboxylic acids is 1. The summed E-state index contributed by atoms with van der Waals surface area (Å²) in [7, 11) is 0. The molecule has 0 aromatic heterocycles. The molecule has 0 amide bonds. The van der Waals surface area contributed by atoms with E-state index in [-0.39, 0.29) is 0 Å². The molecule has 0 aliphatic carbocycles. The second kappa shape index (κ2) is 5.39. The smallest absolute Gasteiger partial charge is 0.329 e. The highest BCUT2D eigenvalue weighted by Crippen LogP contribution is 2.35. The number of hydrogen-bond donors (Lipinski definition) is 2. The molecule has 80 valence electrons. The molecule has 0 radical (unpaired) electrons. The topological polar surface area (TPSA) is 49.3 Å². The van der Waals surface area contributed by atoms with Crippen molar-refractivity contribution in [2.75, 3.05) is 5.32 Å². The number of carbonyl (C=O) groups is 1. The summed E-state index contributed by atoms with van der Waals surface area (Å²) in [6, 6.07) is 3.40. The van der Waals surface area contributed by atoms with Gasteiger partial charge in [-0.2, -0.15) is 0 Å². The highest BCUT2D eigenvalue weighted by molar-refractivity contribution is 9.10. The zero-order chi connectivity index (χ0) is 11.4. The number of nitrogens with one attached hydrogen (secondary N) is 1. The molecule has 0 heterocycles. The van der Waals surface area contributed by atoms with Crippen molar-refractivity contribution in [3.63, 3.8) is 0 Å². The standard InChI is InChI=1S/C9H6BrCl2NO2/c10-5-1-2-6(9(12)8(5)11)13-4-3-7(14)15/h1-4,13H,(H,14,15)/b4-3+. The van der Waals surface area contributed by atoms with Gasteiger partial charge in [0.25, 0.3) is 0 Å². The van der Waals surface area contributed by atoms with Gasteiger partial charge >= 0.3 is 5.97 Å². The van der Waals surface area contributed by atoms with Crippen LogP contribution in [0.4, 0.5) is 5.69 Å². The molecule has 1 aromatic carbocycles. The van der Waals surface area contributed by atoms with E-state index in [9.17, 15) is 4.79 Å². The van der Waals surface area contributed by atoms with Gasteiger partial charge in [0.1, 0.15) is 0 Å². The fraction of sp³-hybridized carbons (Fsp3) is 0. The largest absolute Gasteiger partial charge is 0.478 e. The Morgan fingerprint density at radius 3 is 2.67 bits per heavy atom. The maximum absolute atomic E-state index is 10.2. The van der Waals surface area contributed by atoms with Crippen LogP contribution in [0.1, 0.15) is 0 Å². The second-order valence-electron chi connectivity index (χ2n) is 2.54. The summed E-state index contributed by atoms with van der Waals surface area (Å²) in [5, 5.41) is 11.8. The van der Waals surface area contributed by atoms with Crippen LogP contribution in [-0.4, -0.2) is 11.1 Å². The van der Waals surface area contributed by atoms with Crippen LogP contribution < -0.4 is 5.32 Å². The van der Waals surface area contributed by atoms with E-state index in [1.54, 1.807) is 12.1 Å². The molecule has 0 aliphatic rings. The van der Waals surface area contributed by atoms with Crippen LogP contribution in [0, 0.1) is 0 Å². The number of halogens is 3. The Labute approximate surface area is 105 Å². The number of carboxylic acids is 1. The fourth-order valence-electron chi connectivity index (χ4n) is 0.840. The molecule has 1 rings (SSSR count). The van der Waals surface area contributed by atoms with Crippen molar-refractivity contribution in [3.05, 3.63) is 38.9 Å². The lowest BCUT2D eigenvalue weighted by Crippen LogP contribution is -1.93. The van der Waals surface area contributed by atoms with Crippen LogP contribution in [0.15, 0.2) is 28.9 Å². The molecule has 2 N–H and O–H groups in total. The summed E-state index contributed by atoms with van der Waals surface area (Å²) in [6.45, 7) is 0. The third kappa shape index (κ3) is 3.41. The number of hydrogen-bond acceptors (Lipinski definition) is 2. The Morgan fingerprint density at radius 1 is 1.40 bits per heavy atom. The van der Waals surface area contributed by atoms with Gasteiger partial charge in [-0.05, 0) is 28.1 Å². The van der Waals surface area contributed by atoms with Crippen molar-refractivity contribution in [1.29, 1.82) is 0 Å². The first-order valence-electron chi connectivity index (χ1n) is 3.82. The Kier molecular flexibility index (Phi) is 4.45. The summed E-state index contributed by atoms with van der Waals surface area (Å²) in [5.41, 5.74) is 0.544. The zero-order valence-corrected chi connectivity index (χ0v) is 10.4. The third-order valence-corrected chi connectivity index (χ3v) is 3.27. The van der Waals surface area contributed by atoms with E-state index in [2.05, 4.69) is 21.2 Å². The van der Waals surface area contributed by atoms with Crippen molar-refractivity contribution in [1.82, 2.24) is 0 Å². The van der Waals surface area contributed by atoms with Gasteiger partial charge in [-0.1, -0.05) is 23.2 Å². The van der Waals surface area contributed by atoms with E-state index in [4.69, 9.17) is 28.3 Å². The fourth-order valence-corrected chi connectivity index (χ4v) is 1.67. The van der Waals surface area contributed by atoms with Gasteiger partial charge in [0.2, 0.25) is 0 Å². The molecular weight excluding hydrogens is 305 g/mol. The number of anilines is 1. The molecule has 0 fully saturated rings. The Hall–Kier alpha value is -0.710. The molecule has 0 saturated heterocycles. The average Bonchev–Trinajstić information content (AvgIpc) is 2.18. The monoisotopic (exact) mass is 309 g/mol. The maximum atomic E-state index is 10.2. The predicted molar refractivity (Wildman–Crippen MR) is 64.6 cm³/mol. The maximum Gasteiger partial charge on any atom is 0.329 e. The van der Waals surface area contributed by atoms with E-state index >= 15 is 0 Å². The third-order valence-electron chi connectivity index (χ3n) is 1.50. The molecule has 0 unspecified atom stereocenters. The lowest BCUT2D eigenvalue weighted by Gasteiger charge is -2.06. The van der Waals surface area contributed by atoms with Crippen molar-refractivity contribution >= 4 is 50.8 Å². The summed E-state index contributed by atoms with van der Waals surface area (Å²) in [4.78, 5) is 10.2. The van der Waals surface area contributed by atoms with Crippen LogP contribution in [0.25, 0.3) is 0 Å². The summed E-state index contributed by atoms with van der Waals surface area (Å²) >= 11 is 15.0. The van der Waals surface area contributed by atoms with Gasteiger partial charge in [-0.25, -0.2) is 4.79 Å². The molecule has 0 atom stereocenters. The van der Waals surface area contributed by atoms with Gasteiger partial charge in [0.05, 0.1) is 15.7 Å². The number of benzene rings is 1. The van der Waals surface area contributed by atoms with Crippen molar-refractivity contribution in [3.8, 4) is 0 Å². The normalized spacial score (nSPS) is 10.6. The Morgan fingerprint density at radius 2 is 2.07 bits per heavy atom. The summed E-state index contributed by atoms with van der Waals surface area (Å²) in [6.07, 6.45) is 2.24. The molecule has 0 aliphatic heterocycles. The lowest BCUT2D eigenvalue weighted by atomic mass is 10.3. The Bertz CT molecular complexity index is 421. The number of carboxylic acid groups (broad SMARTS) is 1. The summed E-state index contributed by atoms with van der Waals surface area (Å²) in [5.74, 6) is -1.04. The predicted octanol–water partition coefficient (Wildman–Crippen LogP) is 3.77. The molecular formula is C9H6BrCl2NO2. The Balaban J connectivity index is 2.87. The van der Waals surface area contributed by atoms with Crippen LogP contribution in [0.5, 0.6) is 0 Å². The molecule has 0 bridgehead atoms. The second-order valence-corrected chi connectivity index (χ2v) is 4.15. The first-order chi connectivity index (χ1) is 7.02. The van der Waals surface area contributed by atoms with Crippen LogP contribution in [0.2, 0.25) is 10.0 Å². The van der Waals surface area contributed by atoms with Gasteiger partial charge in [-0.15, -0.1) is 0 Å². The molecule has 0 saturated carbocycles. The van der Waals surface area contributed by atoms with Gasteiger partial charge < -0.3 is 10.4 Å². The number of rotatable bonds is 3. The van der Waals surface area contributed by atoms with E-state index in [0.717, 1.165) is 6.08 Å². The molecule has 6 heteroatoms. The van der Waals surface area contributed by atoms with Crippen molar-refractivity contribution in [2.24, 2.45) is 0 Å². The van der Waals surface area contributed by atoms with Gasteiger partial charge in [0.15, 0.2) is 0 Å². The quantitative estimate of drug-likeness (QED) is 0.660. The first-order valence-corrected chi connectivity index (χ1v) is 5.36. The van der Waals surface area contributed by atoms with E-state index < -0.39 is 5.97 Å². The molecule has 15 heavy (non-hydrogen) atoms. The van der Waals surface area contributed by atoms with Crippen LogP contribution in [-0.2, 0) is 4.79 Å². The highest BCUT2D eigenvalue weighted by Gasteiger charge is 2.06. The van der Waals surface area contributed by atoms with Gasteiger partial charge in [0, 0.05) is 16.7 Å². The average molecular weight is 311 g/mol. The van der Waals surface area contributed by atoms with E-state index in [1.165, 1.54) is 6.20 Å². The van der Waals surface area contributed by atoms with Crippen molar-refractivity contribution < 1.29 is 9.90 Å². The van der Waals surface area contributed by atoms with Gasteiger partial charge in [-0.3, -0.25) is 0 Å². The summed E-state index contributed by atoms with van der Waals surface area (Å²) < 4.78 is 0.682. The lowest BCUT2D eigenvalue weighted by molar-refractivity contribution is -0.131.